The average molecular weight is 305 g/mol. The lowest BCUT2D eigenvalue weighted by atomic mass is 10.1. The number of carbonyl (C=O) groups is 1. The molecular formula is C15H19N3O2S. The van der Waals surface area contributed by atoms with E-state index < -0.39 is 0 Å². The molecule has 0 bridgehead atoms. The molecule has 112 valence electrons. The van der Waals surface area contributed by atoms with Crippen molar-refractivity contribution in [1.29, 1.82) is 0 Å². The van der Waals surface area contributed by atoms with Crippen molar-refractivity contribution in [3.8, 4) is 0 Å². The number of carbonyl (C=O) groups excluding carboxylic acids is 1. The van der Waals surface area contributed by atoms with E-state index in [4.69, 9.17) is 4.74 Å². The number of rotatable bonds is 4. The van der Waals surface area contributed by atoms with Crippen LogP contribution in [0.5, 0.6) is 0 Å². The lowest BCUT2D eigenvalue weighted by molar-refractivity contribution is 0.0923. The standard InChI is InChI=1S/C15H19N3O2S/c1-10(2)18-13-5-6-20-9-12(13)14(17-18)15(19)16-8-11-4-3-7-21-11/h3-4,7,10H,5-6,8-9H2,1-2H3,(H,16,19). The van der Waals surface area contributed by atoms with Crippen LogP contribution in [0.2, 0.25) is 0 Å². The maximum Gasteiger partial charge on any atom is 0.272 e. The van der Waals surface area contributed by atoms with E-state index in [-0.39, 0.29) is 11.9 Å². The van der Waals surface area contributed by atoms with E-state index in [1.165, 1.54) is 0 Å². The summed E-state index contributed by atoms with van der Waals surface area (Å²) in [4.78, 5) is 13.5. The van der Waals surface area contributed by atoms with E-state index in [1.54, 1.807) is 11.3 Å². The number of nitrogens with one attached hydrogen (secondary N) is 1. The van der Waals surface area contributed by atoms with Crippen LogP contribution in [0, 0.1) is 0 Å². The molecule has 1 aliphatic heterocycles. The molecule has 2 aromatic rings. The van der Waals surface area contributed by atoms with Crippen LogP contribution in [0.25, 0.3) is 0 Å². The summed E-state index contributed by atoms with van der Waals surface area (Å²) < 4.78 is 7.46. The Bertz CT molecular complexity index is 632. The van der Waals surface area contributed by atoms with Gasteiger partial charge in [0.05, 0.1) is 19.8 Å². The van der Waals surface area contributed by atoms with Crippen molar-refractivity contribution < 1.29 is 9.53 Å². The number of nitrogens with zero attached hydrogens (tertiary/aromatic N) is 2. The van der Waals surface area contributed by atoms with Crippen molar-refractivity contribution in [2.75, 3.05) is 6.61 Å². The second kappa shape index (κ2) is 5.99. The summed E-state index contributed by atoms with van der Waals surface area (Å²) in [5.41, 5.74) is 2.59. The van der Waals surface area contributed by atoms with Crippen LogP contribution in [-0.4, -0.2) is 22.3 Å². The van der Waals surface area contributed by atoms with Gasteiger partial charge >= 0.3 is 0 Å². The smallest absolute Gasteiger partial charge is 0.272 e. The van der Waals surface area contributed by atoms with Gasteiger partial charge in [-0.15, -0.1) is 11.3 Å². The molecule has 0 atom stereocenters. The third-order valence-electron chi connectivity index (χ3n) is 3.56. The highest BCUT2D eigenvalue weighted by atomic mass is 32.1. The minimum atomic E-state index is -0.121. The Morgan fingerprint density at radius 1 is 1.57 bits per heavy atom. The normalized spacial score (nSPS) is 14.2. The van der Waals surface area contributed by atoms with Crippen LogP contribution in [0.4, 0.5) is 0 Å². The molecule has 0 radical (unpaired) electrons. The molecule has 5 nitrogen and oxygen atoms in total. The minimum Gasteiger partial charge on any atom is -0.376 e. The molecule has 1 amide bonds. The average Bonchev–Trinajstić information content (AvgIpc) is 3.12. The monoisotopic (exact) mass is 305 g/mol. The van der Waals surface area contributed by atoms with Crippen LogP contribution < -0.4 is 5.32 Å². The first kappa shape index (κ1) is 14.3. The van der Waals surface area contributed by atoms with Gasteiger partial charge in [0.1, 0.15) is 0 Å². The van der Waals surface area contributed by atoms with Crippen LogP contribution in [0.3, 0.4) is 0 Å². The summed E-state index contributed by atoms with van der Waals surface area (Å²) in [5, 5.41) is 9.47. The number of fused-ring (bicyclic) bond motifs is 1. The number of ether oxygens (including phenoxy) is 1. The summed E-state index contributed by atoms with van der Waals surface area (Å²) >= 11 is 1.63. The first-order valence-electron chi connectivity index (χ1n) is 7.15. The molecular weight excluding hydrogens is 286 g/mol. The second-order valence-electron chi connectivity index (χ2n) is 5.38. The Balaban J connectivity index is 1.82. The minimum absolute atomic E-state index is 0.121. The van der Waals surface area contributed by atoms with Crippen molar-refractivity contribution in [2.24, 2.45) is 0 Å². The molecule has 0 unspecified atom stereocenters. The van der Waals surface area contributed by atoms with Crippen LogP contribution >= 0.6 is 11.3 Å². The predicted molar refractivity (Wildman–Crippen MR) is 81.5 cm³/mol. The largest absolute Gasteiger partial charge is 0.376 e. The number of hydrogen-bond donors (Lipinski definition) is 1. The van der Waals surface area contributed by atoms with E-state index in [1.807, 2.05) is 22.2 Å². The van der Waals surface area contributed by atoms with Gasteiger partial charge in [0.15, 0.2) is 5.69 Å². The Labute approximate surface area is 127 Å². The molecule has 21 heavy (non-hydrogen) atoms. The fourth-order valence-electron chi connectivity index (χ4n) is 2.54. The summed E-state index contributed by atoms with van der Waals surface area (Å²) in [6.45, 7) is 5.87. The van der Waals surface area contributed by atoms with E-state index in [2.05, 4.69) is 24.3 Å². The Kier molecular flexibility index (Phi) is 4.07. The van der Waals surface area contributed by atoms with Crippen molar-refractivity contribution in [2.45, 2.75) is 39.5 Å². The highest BCUT2D eigenvalue weighted by Crippen LogP contribution is 2.23. The molecule has 0 saturated heterocycles. The van der Waals surface area contributed by atoms with E-state index in [0.29, 0.717) is 25.5 Å². The van der Waals surface area contributed by atoms with Gasteiger partial charge in [-0.2, -0.15) is 5.10 Å². The molecule has 3 rings (SSSR count). The SMILES string of the molecule is CC(C)n1nc(C(=O)NCc2cccs2)c2c1CCOC2. The number of hydrogen-bond acceptors (Lipinski definition) is 4. The number of thiophene rings is 1. The summed E-state index contributed by atoms with van der Waals surface area (Å²) in [6.07, 6.45) is 0.818. The zero-order chi connectivity index (χ0) is 14.8. The van der Waals surface area contributed by atoms with Gasteiger partial charge in [0, 0.05) is 28.6 Å². The zero-order valence-corrected chi connectivity index (χ0v) is 13.1. The van der Waals surface area contributed by atoms with Gasteiger partial charge in [-0.1, -0.05) is 6.07 Å². The van der Waals surface area contributed by atoms with Gasteiger partial charge in [0.2, 0.25) is 0 Å². The van der Waals surface area contributed by atoms with Crippen molar-refractivity contribution in [3.63, 3.8) is 0 Å². The molecule has 0 saturated carbocycles. The van der Waals surface area contributed by atoms with Crippen LogP contribution in [-0.2, 0) is 24.3 Å². The third kappa shape index (κ3) is 2.87. The molecule has 0 spiro atoms. The fraction of sp³-hybridized carbons (Fsp3) is 0.467. The van der Waals surface area contributed by atoms with Gasteiger partial charge in [-0.3, -0.25) is 9.48 Å². The summed E-state index contributed by atoms with van der Waals surface area (Å²) in [5.74, 6) is -0.121. The quantitative estimate of drug-likeness (QED) is 0.944. The van der Waals surface area contributed by atoms with E-state index in [0.717, 1.165) is 22.6 Å². The Morgan fingerprint density at radius 2 is 2.43 bits per heavy atom. The van der Waals surface area contributed by atoms with Gasteiger partial charge < -0.3 is 10.1 Å². The van der Waals surface area contributed by atoms with Crippen molar-refractivity contribution >= 4 is 17.2 Å². The number of amides is 1. The molecule has 6 heteroatoms. The highest BCUT2D eigenvalue weighted by Gasteiger charge is 2.26. The molecule has 1 N–H and O–H groups in total. The van der Waals surface area contributed by atoms with Gasteiger partial charge in [-0.05, 0) is 25.3 Å². The molecule has 3 heterocycles. The zero-order valence-electron chi connectivity index (χ0n) is 12.3. The Hall–Kier alpha value is -1.66. The third-order valence-corrected chi connectivity index (χ3v) is 4.43. The van der Waals surface area contributed by atoms with Crippen molar-refractivity contribution in [3.05, 3.63) is 39.3 Å². The van der Waals surface area contributed by atoms with Gasteiger partial charge in [0.25, 0.3) is 5.91 Å². The van der Waals surface area contributed by atoms with Crippen molar-refractivity contribution in [1.82, 2.24) is 15.1 Å². The lowest BCUT2D eigenvalue weighted by Gasteiger charge is -2.16. The van der Waals surface area contributed by atoms with E-state index in [9.17, 15) is 4.79 Å². The van der Waals surface area contributed by atoms with Gasteiger partial charge in [-0.25, -0.2) is 0 Å². The second-order valence-corrected chi connectivity index (χ2v) is 6.41. The molecule has 1 aliphatic rings. The van der Waals surface area contributed by atoms with Crippen LogP contribution in [0.15, 0.2) is 17.5 Å². The maximum atomic E-state index is 12.4. The topological polar surface area (TPSA) is 56.2 Å². The molecule has 0 fully saturated rings. The number of aromatic nitrogens is 2. The summed E-state index contributed by atoms with van der Waals surface area (Å²) in [7, 11) is 0. The van der Waals surface area contributed by atoms with Crippen LogP contribution in [0.1, 0.15) is 46.5 Å². The first-order valence-corrected chi connectivity index (χ1v) is 8.03. The molecule has 2 aromatic heterocycles. The molecule has 0 aliphatic carbocycles. The maximum absolute atomic E-state index is 12.4. The molecule has 0 aromatic carbocycles. The summed E-state index contributed by atoms with van der Waals surface area (Å²) in [6, 6.07) is 4.24. The predicted octanol–water partition coefficient (Wildman–Crippen LogP) is 2.53. The van der Waals surface area contributed by atoms with E-state index >= 15 is 0 Å². The lowest BCUT2D eigenvalue weighted by Crippen LogP contribution is -2.24. The fourth-order valence-corrected chi connectivity index (χ4v) is 3.18. The first-order chi connectivity index (χ1) is 10.2. The highest BCUT2D eigenvalue weighted by molar-refractivity contribution is 7.09. The Morgan fingerprint density at radius 3 is 3.14 bits per heavy atom.